The second-order valence-electron chi connectivity index (χ2n) is 7.11. The van der Waals surface area contributed by atoms with E-state index in [4.69, 9.17) is 9.47 Å². The Kier molecular flexibility index (Phi) is 8.58. The van der Waals surface area contributed by atoms with Crippen LogP contribution in [0.25, 0.3) is 0 Å². The standard InChI is InChI=1S/C22H24N2O8/c1-13(2)23-21(27)29-17-11-7-5-9-15(17)19(25)31-32-20(26)16-10-6-8-12-18(16)30-22(28)24-14(3)4/h5-14H,1-4H3,(H,23,27)(H,24,28). The van der Waals surface area contributed by atoms with E-state index < -0.39 is 24.1 Å². The average molecular weight is 444 g/mol. The van der Waals surface area contributed by atoms with Crippen LogP contribution in [0.3, 0.4) is 0 Å². The lowest BCUT2D eigenvalue weighted by Gasteiger charge is -2.12. The molecule has 0 fully saturated rings. The number of amides is 2. The fourth-order valence-corrected chi connectivity index (χ4v) is 2.34. The fourth-order valence-electron chi connectivity index (χ4n) is 2.34. The van der Waals surface area contributed by atoms with Gasteiger partial charge in [0.05, 0.1) is 0 Å². The van der Waals surface area contributed by atoms with Crippen molar-refractivity contribution in [3.8, 4) is 11.5 Å². The van der Waals surface area contributed by atoms with Gasteiger partial charge in [-0.2, -0.15) is 0 Å². The second kappa shape index (κ2) is 11.3. The number of carbonyl (C=O) groups is 4. The topological polar surface area (TPSA) is 129 Å². The van der Waals surface area contributed by atoms with Gasteiger partial charge < -0.3 is 20.1 Å². The normalized spacial score (nSPS) is 10.3. The largest absolute Gasteiger partial charge is 0.412 e. The maximum atomic E-state index is 12.4. The highest BCUT2D eigenvalue weighted by molar-refractivity contribution is 5.96. The van der Waals surface area contributed by atoms with Crippen molar-refractivity contribution in [2.24, 2.45) is 0 Å². The van der Waals surface area contributed by atoms with Gasteiger partial charge in [-0.3, -0.25) is 0 Å². The van der Waals surface area contributed by atoms with Gasteiger partial charge in [0.25, 0.3) is 0 Å². The minimum atomic E-state index is -1.07. The molecule has 0 aliphatic heterocycles. The molecule has 0 aromatic heterocycles. The van der Waals surface area contributed by atoms with Crippen LogP contribution < -0.4 is 20.1 Å². The van der Waals surface area contributed by atoms with Gasteiger partial charge in [0.15, 0.2) is 0 Å². The summed E-state index contributed by atoms with van der Waals surface area (Å²) in [7, 11) is 0. The molecule has 0 spiro atoms. The molecule has 2 aromatic rings. The number of nitrogens with one attached hydrogen (secondary N) is 2. The molecule has 32 heavy (non-hydrogen) atoms. The van der Waals surface area contributed by atoms with Gasteiger partial charge in [-0.05, 0) is 52.0 Å². The zero-order valence-electron chi connectivity index (χ0n) is 18.0. The third-order valence-electron chi connectivity index (χ3n) is 3.63. The van der Waals surface area contributed by atoms with Crippen LogP contribution in [0.5, 0.6) is 11.5 Å². The summed E-state index contributed by atoms with van der Waals surface area (Å²) in [5.74, 6) is -2.30. The Bertz CT molecular complexity index is 908. The van der Waals surface area contributed by atoms with Crippen molar-refractivity contribution in [2.45, 2.75) is 39.8 Å². The average Bonchev–Trinajstić information content (AvgIpc) is 2.71. The van der Waals surface area contributed by atoms with E-state index in [0.717, 1.165) is 0 Å². The van der Waals surface area contributed by atoms with Crippen LogP contribution in [0.15, 0.2) is 48.5 Å². The Balaban J connectivity index is 2.06. The van der Waals surface area contributed by atoms with Crippen molar-refractivity contribution in [1.29, 1.82) is 0 Å². The Morgan fingerprint density at radius 2 is 0.969 bits per heavy atom. The number of ether oxygens (including phenoxy) is 2. The van der Waals surface area contributed by atoms with Crippen molar-refractivity contribution in [3.63, 3.8) is 0 Å². The van der Waals surface area contributed by atoms with Gasteiger partial charge in [0, 0.05) is 12.1 Å². The van der Waals surface area contributed by atoms with E-state index in [-0.39, 0.29) is 34.7 Å². The van der Waals surface area contributed by atoms with Gasteiger partial charge in [-0.15, -0.1) is 0 Å². The third kappa shape index (κ3) is 7.31. The summed E-state index contributed by atoms with van der Waals surface area (Å²) in [6.07, 6.45) is -1.52. The Hall–Kier alpha value is -4.08. The van der Waals surface area contributed by atoms with E-state index in [1.54, 1.807) is 39.8 Å². The third-order valence-corrected chi connectivity index (χ3v) is 3.63. The monoisotopic (exact) mass is 444 g/mol. The lowest BCUT2D eigenvalue weighted by molar-refractivity contribution is -0.187. The summed E-state index contributed by atoms with van der Waals surface area (Å²) in [6, 6.07) is 11.2. The van der Waals surface area contributed by atoms with Gasteiger partial charge in [-0.1, -0.05) is 24.3 Å². The summed E-state index contributed by atoms with van der Waals surface area (Å²) < 4.78 is 10.2. The molecular weight excluding hydrogens is 420 g/mol. The number of hydrogen-bond acceptors (Lipinski definition) is 8. The van der Waals surface area contributed by atoms with Crippen molar-refractivity contribution < 1.29 is 38.4 Å². The summed E-state index contributed by atoms with van der Waals surface area (Å²) in [5, 5.41) is 5.03. The summed E-state index contributed by atoms with van der Waals surface area (Å²) >= 11 is 0. The predicted octanol–water partition coefficient (Wildman–Crippen LogP) is 3.61. The van der Waals surface area contributed by atoms with E-state index in [9.17, 15) is 19.2 Å². The van der Waals surface area contributed by atoms with Crippen LogP contribution in [0.1, 0.15) is 48.4 Å². The Labute approximate surface area is 184 Å². The molecule has 2 amide bonds. The molecule has 0 bridgehead atoms. The number of carbonyl (C=O) groups excluding carboxylic acids is 4. The van der Waals surface area contributed by atoms with Crippen molar-refractivity contribution in [1.82, 2.24) is 10.6 Å². The molecule has 0 heterocycles. The second-order valence-corrected chi connectivity index (χ2v) is 7.11. The van der Waals surface area contributed by atoms with Crippen molar-refractivity contribution in [2.75, 3.05) is 0 Å². The van der Waals surface area contributed by atoms with Crippen LogP contribution in [-0.2, 0) is 9.78 Å². The minimum Gasteiger partial charge on any atom is -0.409 e. The summed E-state index contributed by atoms with van der Waals surface area (Å²) in [4.78, 5) is 57.6. The van der Waals surface area contributed by atoms with E-state index in [1.807, 2.05) is 0 Å². The highest BCUT2D eigenvalue weighted by Crippen LogP contribution is 2.22. The molecule has 0 atom stereocenters. The number of rotatable bonds is 6. The smallest absolute Gasteiger partial charge is 0.409 e. The molecule has 0 saturated carbocycles. The first-order valence-corrected chi connectivity index (χ1v) is 9.75. The van der Waals surface area contributed by atoms with Gasteiger partial charge in [0.1, 0.15) is 22.6 Å². The first-order valence-electron chi connectivity index (χ1n) is 9.75. The molecule has 2 aromatic carbocycles. The molecule has 2 rings (SSSR count). The van der Waals surface area contributed by atoms with Gasteiger partial charge >= 0.3 is 24.1 Å². The maximum absolute atomic E-state index is 12.4. The highest BCUT2D eigenvalue weighted by Gasteiger charge is 2.22. The Morgan fingerprint density at radius 1 is 0.625 bits per heavy atom. The van der Waals surface area contributed by atoms with Crippen LogP contribution in [0, 0.1) is 0 Å². The summed E-state index contributed by atoms with van der Waals surface area (Å²) in [6.45, 7) is 6.98. The highest BCUT2D eigenvalue weighted by atomic mass is 17.2. The van der Waals surface area contributed by atoms with Crippen LogP contribution in [0.2, 0.25) is 0 Å². The molecule has 170 valence electrons. The molecule has 0 saturated heterocycles. The molecule has 10 nitrogen and oxygen atoms in total. The molecule has 0 aliphatic carbocycles. The molecule has 10 heteroatoms. The first-order chi connectivity index (χ1) is 15.2. The van der Waals surface area contributed by atoms with E-state index in [0.29, 0.717) is 0 Å². The van der Waals surface area contributed by atoms with E-state index in [1.165, 1.54) is 36.4 Å². The molecular formula is C22H24N2O8. The number of benzene rings is 2. The zero-order chi connectivity index (χ0) is 23.7. The van der Waals surface area contributed by atoms with Crippen LogP contribution >= 0.6 is 0 Å². The molecule has 0 radical (unpaired) electrons. The van der Waals surface area contributed by atoms with Crippen molar-refractivity contribution in [3.05, 3.63) is 59.7 Å². The Morgan fingerprint density at radius 3 is 1.31 bits per heavy atom. The van der Waals surface area contributed by atoms with Crippen molar-refractivity contribution >= 4 is 24.1 Å². The summed E-state index contributed by atoms with van der Waals surface area (Å²) in [5.41, 5.74) is -0.278. The maximum Gasteiger partial charge on any atom is 0.412 e. The minimum absolute atomic E-state index is 0.0826. The lowest BCUT2D eigenvalue weighted by atomic mass is 10.2. The van der Waals surface area contributed by atoms with E-state index >= 15 is 0 Å². The molecule has 0 aliphatic rings. The van der Waals surface area contributed by atoms with Gasteiger partial charge in [-0.25, -0.2) is 29.0 Å². The molecule has 0 unspecified atom stereocenters. The van der Waals surface area contributed by atoms with Crippen LogP contribution in [0.4, 0.5) is 9.59 Å². The SMILES string of the molecule is CC(C)NC(=O)Oc1ccccc1C(=O)OOC(=O)c1ccccc1OC(=O)NC(C)C. The predicted molar refractivity (Wildman–Crippen MR) is 112 cm³/mol. The first kappa shape index (κ1) is 24.2. The lowest BCUT2D eigenvalue weighted by Crippen LogP contribution is -2.33. The fraction of sp³-hybridized carbons (Fsp3) is 0.273. The van der Waals surface area contributed by atoms with E-state index in [2.05, 4.69) is 20.4 Å². The number of hydrogen-bond donors (Lipinski definition) is 2. The zero-order valence-corrected chi connectivity index (χ0v) is 18.0. The van der Waals surface area contributed by atoms with Crippen LogP contribution in [-0.4, -0.2) is 36.2 Å². The quantitative estimate of drug-likeness (QED) is 0.511. The molecule has 2 N–H and O–H groups in total. The number of para-hydroxylation sites is 2. The van der Waals surface area contributed by atoms with Gasteiger partial charge in [0.2, 0.25) is 0 Å².